The van der Waals surface area contributed by atoms with Crippen molar-refractivity contribution in [1.29, 1.82) is 0 Å². The van der Waals surface area contributed by atoms with Gasteiger partial charge in [0.15, 0.2) is 0 Å². The van der Waals surface area contributed by atoms with Crippen LogP contribution in [0.25, 0.3) is 34.4 Å². The molecule has 0 N–H and O–H groups in total. The fraction of sp³-hybridized carbons (Fsp3) is 0.0909. The van der Waals surface area contributed by atoms with Gasteiger partial charge >= 0.3 is 310 Å². The summed E-state index contributed by atoms with van der Waals surface area (Å²) in [6.07, 6.45) is 4.66. The van der Waals surface area contributed by atoms with Crippen LogP contribution in [0.3, 0.4) is 0 Å². The summed E-state index contributed by atoms with van der Waals surface area (Å²) in [6, 6.07) is 50.5. The Morgan fingerprint density at radius 3 is 1.18 bits per heavy atom. The van der Waals surface area contributed by atoms with Gasteiger partial charge in [0.2, 0.25) is 0 Å². The first-order valence-electron chi connectivity index (χ1n) is 16.9. The van der Waals surface area contributed by atoms with Crippen molar-refractivity contribution in [2.45, 2.75) is 21.1 Å². The molecule has 8 rings (SSSR count). The first kappa shape index (κ1) is 34.2. The zero-order chi connectivity index (χ0) is 35.0. The Morgan fingerprint density at radius 1 is 0.460 bits per heavy atom. The Balaban J connectivity index is 1.59. The number of hydrogen-bond acceptors (Lipinski definition) is 0. The molecule has 6 heteroatoms. The molecule has 0 nitrogen and oxygen atoms in total. The van der Waals surface area contributed by atoms with Crippen LogP contribution in [0.15, 0.2) is 157 Å². The first-order valence-corrected chi connectivity index (χ1v) is 35.3. The van der Waals surface area contributed by atoms with E-state index >= 15 is 0 Å². The quantitative estimate of drug-likeness (QED) is 0.147. The Bertz CT molecular complexity index is 2370. The van der Waals surface area contributed by atoms with Gasteiger partial charge in [-0.15, -0.1) is 0 Å². The van der Waals surface area contributed by atoms with E-state index in [1.54, 1.807) is 0 Å². The Morgan fingerprint density at radius 2 is 0.820 bits per heavy atom. The van der Waals surface area contributed by atoms with Crippen molar-refractivity contribution < 1.29 is 12.0 Å². The number of hydrogen-bond donors (Lipinski definition) is 0. The minimum absolute atomic E-state index is 0.380. The normalized spacial score (nSPS) is 18.9. The average Bonchev–Trinajstić information content (AvgIpc) is 3.67. The van der Waals surface area contributed by atoms with Crippen LogP contribution in [0.4, 0.5) is 0 Å². The number of fused-ring (bicyclic) bond motifs is 2. The van der Waals surface area contributed by atoms with Crippen molar-refractivity contribution in [3.05, 3.63) is 189 Å². The van der Waals surface area contributed by atoms with Gasteiger partial charge in [0.1, 0.15) is 0 Å². The molecule has 2 aliphatic rings. The second kappa shape index (κ2) is 11.0. The molecule has 6 aromatic carbocycles. The molecule has 0 fully saturated rings. The third kappa shape index (κ3) is 4.40. The summed E-state index contributed by atoms with van der Waals surface area (Å²) in [7, 11) is 19.0. The molecule has 0 saturated carbocycles. The molecule has 0 aliphatic heterocycles. The van der Waals surface area contributed by atoms with Gasteiger partial charge in [0.05, 0.1) is 0 Å². The molecule has 0 amide bonds. The second-order valence-corrected chi connectivity index (χ2v) is 69.7. The molecule has 6 aromatic rings. The molecule has 50 heavy (non-hydrogen) atoms. The van der Waals surface area contributed by atoms with Gasteiger partial charge in [-0.1, -0.05) is 0 Å². The van der Waals surface area contributed by atoms with E-state index in [2.05, 4.69) is 147 Å². The Labute approximate surface area is 307 Å². The average molecular weight is 826 g/mol. The maximum absolute atomic E-state index is 9.52. The van der Waals surface area contributed by atoms with Crippen molar-refractivity contribution in [2.24, 2.45) is 0 Å². The Kier molecular flexibility index (Phi) is 7.54. The topological polar surface area (TPSA) is 0 Å². The van der Waals surface area contributed by atoms with E-state index in [0.717, 1.165) is 62.2 Å². The zero-order valence-electron chi connectivity index (χ0n) is 27.9. The molecular weight excluding hydrogens is 790 g/mol. The molecule has 0 aromatic heterocycles. The van der Waals surface area contributed by atoms with Gasteiger partial charge in [0.25, 0.3) is 0 Å². The van der Waals surface area contributed by atoms with E-state index in [1.165, 1.54) is 0 Å². The zero-order valence-corrected chi connectivity index (χ0v) is 34.8. The third-order valence-corrected chi connectivity index (χ3v) is 55.3. The van der Waals surface area contributed by atoms with E-state index in [9.17, 15) is 17.0 Å². The van der Waals surface area contributed by atoms with Crippen molar-refractivity contribution in [3.63, 3.8) is 0 Å². The van der Waals surface area contributed by atoms with Crippen LogP contribution in [0.2, 0.25) is 10.0 Å². The summed E-state index contributed by atoms with van der Waals surface area (Å²) in [5.41, 5.74) is 11.5. The molecule has 0 spiro atoms. The van der Waals surface area contributed by atoms with Crippen LogP contribution in [0, 0.1) is 0 Å². The van der Waals surface area contributed by atoms with E-state index in [4.69, 9.17) is 23.2 Å². The van der Waals surface area contributed by atoms with E-state index in [0.29, 0.717) is 10.0 Å². The minimum atomic E-state index is -7.15. The SMILES string of the molecule is CC1=Cc2c(-c3ccccc3)cccc2[CH]1[Zr](=[SiH2])([Cl])([Cl])([c]1ccc(Cl)cc1)([c]1ccc(Cl)cc1)[CH]1C(C)=Cc2c(-c3ccccc3)cccc21. The van der Waals surface area contributed by atoms with Gasteiger partial charge < -0.3 is 0 Å². The molecule has 2 unspecified atom stereocenters. The maximum atomic E-state index is 9.52. The third-order valence-electron chi connectivity index (χ3n) is 12.0. The van der Waals surface area contributed by atoms with E-state index in [-0.39, 0.29) is 7.25 Å². The van der Waals surface area contributed by atoms with Crippen LogP contribution >= 0.6 is 40.2 Å². The van der Waals surface area contributed by atoms with Crippen LogP contribution in [-0.4, -0.2) is 6.88 Å². The van der Waals surface area contributed by atoms with Crippen molar-refractivity contribution >= 4 is 65.8 Å². The van der Waals surface area contributed by atoms with Gasteiger partial charge in [0, 0.05) is 0 Å². The van der Waals surface area contributed by atoms with Crippen LogP contribution < -0.4 is 6.54 Å². The molecule has 0 bridgehead atoms. The predicted octanol–water partition coefficient (Wildman–Crippen LogP) is 12.2. The van der Waals surface area contributed by atoms with Crippen molar-refractivity contribution in [1.82, 2.24) is 0 Å². The fourth-order valence-corrected chi connectivity index (χ4v) is 53.3. The molecular formula is C44H36Cl4SiZr. The van der Waals surface area contributed by atoms with Crippen molar-refractivity contribution in [2.75, 3.05) is 0 Å². The van der Waals surface area contributed by atoms with Gasteiger partial charge in [-0.3, -0.25) is 0 Å². The van der Waals surface area contributed by atoms with Crippen molar-refractivity contribution in [3.8, 4) is 22.3 Å². The number of benzene rings is 6. The van der Waals surface area contributed by atoms with Gasteiger partial charge in [-0.25, -0.2) is 0 Å². The first-order chi connectivity index (χ1) is 23.8. The summed E-state index contributed by atoms with van der Waals surface area (Å²) in [5.74, 6) is 0. The molecule has 0 saturated heterocycles. The van der Waals surface area contributed by atoms with E-state index < -0.39 is 12.0 Å². The van der Waals surface area contributed by atoms with Gasteiger partial charge in [-0.05, 0) is 0 Å². The number of halogens is 4. The predicted molar refractivity (Wildman–Crippen MR) is 219 cm³/mol. The van der Waals surface area contributed by atoms with Crippen LogP contribution in [0.5, 0.6) is 0 Å². The second-order valence-electron chi connectivity index (χ2n) is 14.8. The molecule has 2 aliphatic carbocycles. The fourth-order valence-electron chi connectivity index (χ4n) is 10.1. The van der Waals surface area contributed by atoms with Crippen LogP contribution in [0.1, 0.15) is 43.4 Å². The molecule has 248 valence electrons. The number of rotatable bonds is 6. The summed E-state index contributed by atoms with van der Waals surface area (Å²) >= 11 is 6.21. The summed E-state index contributed by atoms with van der Waals surface area (Å²) < 4.78 is 1.08. The monoisotopic (exact) mass is 822 g/mol. The summed E-state index contributed by atoms with van der Waals surface area (Å²) in [6.45, 7) is 6.33. The van der Waals surface area contributed by atoms with Gasteiger partial charge in [-0.2, -0.15) is 0 Å². The Hall–Kier alpha value is -2.94. The number of allylic oxidation sites excluding steroid dienone is 2. The van der Waals surface area contributed by atoms with E-state index in [1.807, 2.05) is 31.1 Å². The standard InChI is InChI=1S/2C16H13.2C6H4Cl.2ClH.H2Si.Zr/c2*1-12-10-14-8-5-9-15(16(14)11-12)13-6-3-2-4-7-13;2*7-6-4-2-1-3-5-6;;;;/h2*2-11H,1H3;2*2-5H;2*1H;1H2;/q;;;;;;;+2/p-2. The molecule has 0 heterocycles. The van der Waals surface area contributed by atoms with Crippen LogP contribution in [-0.2, 0) is 12.0 Å². The molecule has 2 atom stereocenters. The molecule has 0 radical (unpaired) electrons. The summed E-state index contributed by atoms with van der Waals surface area (Å²) in [5, 5.41) is 1.26. The summed E-state index contributed by atoms with van der Waals surface area (Å²) in [4.78, 5) is 0.